The molecule has 0 aromatic carbocycles. The molecule has 1 aliphatic rings. The van der Waals surface area contributed by atoms with E-state index >= 15 is 0 Å². The zero-order valence-corrected chi connectivity index (χ0v) is 18.9. The van der Waals surface area contributed by atoms with Crippen LogP contribution >= 0.6 is 0 Å². The van der Waals surface area contributed by atoms with E-state index in [-0.39, 0.29) is 17.3 Å². The molecule has 1 unspecified atom stereocenters. The van der Waals surface area contributed by atoms with Gasteiger partial charge in [-0.3, -0.25) is 9.59 Å². The molecule has 0 saturated carbocycles. The van der Waals surface area contributed by atoms with Gasteiger partial charge in [0.1, 0.15) is 42.3 Å². The van der Waals surface area contributed by atoms with Gasteiger partial charge in [-0.25, -0.2) is 19.9 Å². The summed E-state index contributed by atoms with van der Waals surface area (Å²) >= 11 is 0. The molecule has 0 aliphatic carbocycles. The average molecular weight is 492 g/mol. The predicted molar refractivity (Wildman–Crippen MR) is 118 cm³/mol. The lowest BCUT2D eigenvalue weighted by Crippen LogP contribution is -2.42. The third-order valence-electron chi connectivity index (χ3n) is 5.49. The van der Waals surface area contributed by atoms with Crippen LogP contribution in [0.25, 0.3) is 22.4 Å². The van der Waals surface area contributed by atoms with Gasteiger partial charge in [0.15, 0.2) is 5.82 Å². The highest BCUT2D eigenvalue weighted by Gasteiger charge is 2.31. The monoisotopic (exact) mass is 492 g/mol. The van der Waals surface area contributed by atoms with E-state index in [0.29, 0.717) is 29.6 Å². The number of anilines is 1. The van der Waals surface area contributed by atoms with Gasteiger partial charge in [-0.1, -0.05) is 0 Å². The number of methoxy groups -OCH3 is 1. The molecule has 4 heterocycles. The lowest BCUT2D eigenvalue weighted by atomic mass is 10.2. The minimum absolute atomic E-state index is 0.0375. The predicted octanol–water partition coefficient (Wildman–Crippen LogP) is 2.10. The molecule has 1 fully saturated rings. The van der Waals surface area contributed by atoms with Crippen LogP contribution in [-0.4, -0.2) is 80.3 Å². The Morgan fingerprint density at radius 1 is 1.34 bits per heavy atom. The van der Waals surface area contributed by atoms with Gasteiger partial charge in [0.2, 0.25) is 5.91 Å². The Balaban J connectivity index is 1.68. The summed E-state index contributed by atoms with van der Waals surface area (Å²) in [4.78, 5) is 46.9. The smallest absolute Gasteiger partial charge is 0.362 e. The van der Waals surface area contributed by atoms with Crippen molar-refractivity contribution in [2.24, 2.45) is 0 Å². The van der Waals surface area contributed by atoms with E-state index in [9.17, 15) is 22.8 Å². The molecular weight excluding hydrogens is 469 g/mol. The molecule has 3 aromatic heterocycles. The number of likely N-dealkylation sites (tertiary alicyclic amines) is 1. The number of halogens is 3. The largest absolute Gasteiger partial charge is 0.405 e. The van der Waals surface area contributed by atoms with E-state index in [4.69, 9.17) is 4.74 Å². The molecule has 186 valence electrons. The van der Waals surface area contributed by atoms with Gasteiger partial charge < -0.3 is 25.3 Å². The number of carbonyl (C=O) groups is 2. The number of H-pyrrole nitrogens is 1. The molecule has 2 amide bonds. The summed E-state index contributed by atoms with van der Waals surface area (Å²) in [7, 11) is 1.52. The number of hydrogen-bond donors (Lipinski definition) is 3. The van der Waals surface area contributed by atoms with Gasteiger partial charge in [-0.05, 0) is 19.8 Å². The molecule has 14 heteroatoms. The van der Waals surface area contributed by atoms with Crippen LogP contribution in [0.15, 0.2) is 24.8 Å². The van der Waals surface area contributed by atoms with Crippen molar-refractivity contribution >= 4 is 28.7 Å². The summed E-state index contributed by atoms with van der Waals surface area (Å²) in [6, 6.07) is 0.281. The second kappa shape index (κ2) is 9.82. The zero-order chi connectivity index (χ0) is 25.2. The molecule has 0 radical (unpaired) electrons. The molecule has 3 N–H and O–H groups in total. The van der Waals surface area contributed by atoms with Crippen LogP contribution in [0.5, 0.6) is 0 Å². The fraction of sp³-hybridized carbons (Fsp3) is 0.429. The van der Waals surface area contributed by atoms with Crippen LogP contribution in [0.2, 0.25) is 0 Å². The van der Waals surface area contributed by atoms with Gasteiger partial charge in [0, 0.05) is 43.1 Å². The number of nitrogens with one attached hydrogen (secondary N) is 3. The Morgan fingerprint density at radius 2 is 2.14 bits per heavy atom. The third kappa shape index (κ3) is 5.48. The van der Waals surface area contributed by atoms with Crippen molar-refractivity contribution in [2.45, 2.75) is 38.2 Å². The summed E-state index contributed by atoms with van der Waals surface area (Å²) in [5.41, 5.74) is 1.08. The Kier molecular flexibility index (Phi) is 6.82. The van der Waals surface area contributed by atoms with Crippen LogP contribution in [0, 0.1) is 0 Å². The first-order chi connectivity index (χ1) is 16.7. The van der Waals surface area contributed by atoms with Crippen molar-refractivity contribution in [3.63, 3.8) is 0 Å². The van der Waals surface area contributed by atoms with Crippen molar-refractivity contribution in [3.8, 4) is 11.4 Å². The lowest BCUT2D eigenvalue weighted by Gasteiger charge is -2.23. The van der Waals surface area contributed by atoms with Crippen molar-refractivity contribution in [3.05, 3.63) is 30.5 Å². The minimum Gasteiger partial charge on any atom is -0.362 e. The number of fused-ring (bicyclic) bond motifs is 1. The number of alkyl halides is 3. The fourth-order valence-electron chi connectivity index (χ4n) is 3.78. The first-order valence-electron chi connectivity index (χ1n) is 10.8. The number of aromatic amines is 1. The topological polar surface area (TPSA) is 138 Å². The number of hydrogen-bond acceptors (Lipinski definition) is 8. The number of rotatable bonds is 7. The highest BCUT2D eigenvalue weighted by atomic mass is 19.4. The van der Waals surface area contributed by atoms with E-state index in [2.05, 4.69) is 30.2 Å². The maximum Gasteiger partial charge on any atom is 0.405 e. The molecule has 1 saturated heterocycles. The first-order valence-corrected chi connectivity index (χ1v) is 10.8. The van der Waals surface area contributed by atoms with Gasteiger partial charge in [0.25, 0.3) is 5.91 Å². The molecule has 11 nitrogen and oxygen atoms in total. The minimum atomic E-state index is -4.54. The standard InChI is InChI=1S/C21H23F3N8O3/c1-11(19(33)27-9-21(22,23)24)29-15-6-14(20(34)32-5-3-4-16(32)35-2)30-18(31-15)13-8-26-17-12(13)7-25-10-28-17/h6-8,10-11,16H,3-5,9H2,1-2H3,(H,27,33)(H,25,26,28)(H,29,30,31)/t11-,16?/m0/s1. The number of amides is 2. The van der Waals surface area contributed by atoms with Crippen LogP contribution in [0.3, 0.4) is 0 Å². The van der Waals surface area contributed by atoms with Crippen molar-refractivity contribution in [2.75, 3.05) is 25.5 Å². The highest BCUT2D eigenvalue weighted by molar-refractivity contribution is 5.96. The number of aromatic nitrogens is 5. The number of nitrogens with zero attached hydrogens (tertiary/aromatic N) is 5. The van der Waals surface area contributed by atoms with Crippen LogP contribution < -0.4 is 10.6 Å². The average Bonchev–Trinajstić information content (AvgIpc) is 3.48. The molecule has 0 spiro atoms. The summed E-state index contributed by atoms with van der Waals surface area (Å²) < 4.78 is 42.8. The quantitative estimate of drug-likeness (QED) is 0.456. The van der Waals surface area contributed by atoms with Gasteiger partial charge >= 0.3 is 6.18 Å². The summed E-state index contributed by atoms with van der Waals surface area (Å²) in [6.45, 7) is 0.409. The Labute approximate surface area is 197 Å². The van der Waals surface area contributed by atoms with E-state index in [0.717, 1.165) is 6.42 Å². The third-order valence-corrected chi connectivity index (χ3v) is 5.49. The summed E-state index contributed by atoms with van der Waals surface area (Å²) in [5.74, 6) is -1.04. The van der Waals surface area contributed by atoms with Crippen molar-refractivity contribution in [1.29, 1.82) is 0 Å². The summed E-state index contributed by atoms with van der Waals surface area (Å²) in [6.07, 6.45) is 1.06. The van der Waals surface area contributed by atoms with Crippen LogP contribution in [0.1, 0.15) is 30.3 Å². The van der Waals surface area contributed by atoms with E-state index in [1.165, 1.54) is 26.4 Å². The summed E-state index contributed by atoms with van der Waals surface area (Å²) in [5, 5.41) is 5.19. The SMILES string of the molecule is COC1CCCN1C(=O)c1cc(N[C@@H](C)C(=O)NCC(F)(F)F)nc(-c2c[nH]c3ncncc23)n1. The van der Waals surface area contributed by atoms with E-state index < -0.39 is 36.8 Å². The maximum atomic E-state index is 13.3. The second-order valence-corrected chi connectivity index (χ2v) is 7.98. The van der Waals surface area contributed by atoms with Gasteiger partial charge in [0.05, 0.1) is 0 Å². The lowest BCUT2D eigenvalue weighted by molar-refractivity contribution is -0.138. The van der Waals surface area contributed by atoms with Crippen LogP contribution in [-0.2, 0) is 9.53 Å². The maximum absolute atomic E-state index is 13.3. The fourth-order valence-corrected chi connectivity index (χ4v) is 3.78. The molecule has 1 aliphatic heterocycles. The van der Waals surface area contributed by atoms with E-state index in [1.54, 1.807) is 17.3 Å². The Morgan fingerprint density at radius 3 is 2.89 bits per heavy atom. The molecule has 3 aromatic rings. The normalized spacial score (nSPS) is 16.9. The van der Waals surface area contributed by atoms with Gasteiger partial charge in [-0.15, -0.1) is 0 Å². The molecule has 4 rings (SSSR count). The second-order valence-electron chi connectivity index (χ2n) is 7.98. The number of ether oxygens (including phenoxy) is 1. The van der Waals surface area contributed by atoms with E-state index in [1.807, 2.05) is 5.32 Å². The molecule has 0 bridgehead atoms. The van der Waals surface area contributed by atoms with Gasteiger partial charge in [-0.2, -0.15) is 13.2 Å². The van der Waals surface area contributed by atoms with Crippen molar-refractivity contribution < 1.29 is 27.5 Å². The van der Waals surface area contributed by atoms with Crippen LogP contribution in [0.4, 0.5) is 19.0 Å². The van der Waals surface area contributed by atoms with Crippen molar-refractivity contribution in [1.82, 2.24) is 35.1 Å². The highest BCUT2D eigenvalue weighted by Crippen LogP contribution is 2.27. The Bertz CT molecular complexity index is 1230. The number of carbonyl (C=O) groups excluding carboxylic acids is 2. The molecule has 2 atom stereocenters. The zero-order valence-electron chi connectivity index (χ0n) is 18.9. The molecular formula is C21H23F3N8O3. The Hall–Kier alpha value is -3.81. The molecule has 35 heavy (non-hydrogen) atoms. The first kappa shape index (κ1) is 24.3.